The Labute approximate surface area is 145 Å². The summed E-state index contributed by atoms with van der Waals surface area (Å²) >= 11 is 3.41. The van der Waals surface area contributed by atoms with Crippen LogP contribution in [0.15, 0.2) is 34.8 Å². The lowest BCUT2D eigenvalue weighted by Gasteiger charge is -2.38. The second kappa shape index (κ2) is 8.29. The Morgan fingerprint density at radius 2 is 1.91 bits per heavy atom. The van der Waals surface area contributed by atoms with E-state index in [1.54, 1.807) is 6.08 Å². The van der Waals surface area contributed by atoms with Crippen LogP contribution in [0.25, 0.3) is 6.08 Å². The minimum atomic E-state index is -0.508. The number of carbonyl (C=O) groups is 2. The Bertz CT molecular complexity index is 590. The van der Waals surface area contributed by atoms with Crippen LogP contribution in [0.2, 0.25) is 0 Å². The standard InChI is InChI=1S/C18H22BrNO3/c1-13-6-5-7-14(2)20(13)17(21)12-23-18(22)11-10-15-8-3-4-9-16(15)19/h3-4,8-11,13-14H,5-7,12H2,1-2H3/b11-10+/t13-,14-/m1/s1. The number of piperidine rings is 1. The summed E-state index contributed by atoms with van der Waals surface area (Å²) in [5.74, 6) is -0.626. The number of esters is 1. The molecule has 0 spiro atoms. The van der Waals surface area contributed by atoms with E-state index in [2.05, 4.69) is 15.9 Å². The maximum Gasteiger partial charge on any atom is 0.331 e. The Hall–Kier alpha value is -1.62. The van der Waals surface area contributed by atoms with E-state index in [4.69, 9.17) is 4.74 Å². The molecule has 1 amide bonds. The molecule has 2 atom stereocenters. The summed E-state index contributed by atoms with van der Waals surface area (Å²) in [6.07, 6.45) is 6.16. The maximum absolute atomic E-state index is 12.3. The van der Waals surface area contributed by atoms with Crippen LogP contribution in [0.1, 0.15) is 38.7 Å². The van der Waals surface area contributed by atoms with Crippen molar-refractivity contribution in [1.82, 2.24) is 4.90 Å². The number of ether oxygens (including phenoxy) is 1. The van der Waals surface area contributed by atoms with E-state index in [0.717, 1.165) is 29.3 Å². The van der Waals surface area contributed by atoms with Crippen LogP contribution in [-0.2, 0) is 14.3 Å². The fourth-order valence-corrected chi connectivity index (χ4v) is 3.35. The third kappa shape index (κ3) is 4.93. The lowest BCUT2D eigenvalue weighted by Crippen LogP contribution is -2.49. The zero-order chi connectivity index (χ0) is 16.8. The Kier molecular flexibility index (Phi) is 6.39. The first-order valence-electron chi connectivity index (χ1n) is 7.89. The highest BCUT2D eigenvalue weighted by Crippen LogP contribution is 2.22. The molecule has 1 aromatic carbocycles. The summed E-state index contributed by atoms with van der Waals surface area (Å²) in [6, 6.07) is 7.99. The van der Waals surface area contributed by atoms with Crippen molar-refractivity contribution < 1.29 is 14.3 Å². The molecule has 23 heavy (non-hydrogen) atoms. The first-order valence-corrected chi connectivity index (χ1v) is 8.69. The van der Waals surface area contributed by atoms with Crippen molar-refractivity contribution in [2.24, 2.45) is 0 Å². The van der Waals surface area contributed by atoms with Gasteiger partial charge in [0, 0.05) is 22.6 Å². The number of amides is 1. The van der Waals surface area contributed by atoms with Crippen LogP contribution in [0.3, 0.4) is 0 Å². The molecule has 0 aliphatic carbocycles. The topological polar surface area (TPSA) is 46.6 Å². The predicted octanol–water partition coefficient (Wildman–Crippen LogP) is 3.80. The smallest absolute Gasteiger partial charge is 0.331 e. The van der Waals surface area contributed by atoms with Gasteiger partial charge in [0.05, 0.1) is 0 Å². The second-order valence-electron chi connectivity index (χ2n) is 5.89. The zero-order valence-corrected chi connectivity index (χ0v) is 15.1. The number of rotatable bonds is 4. The summed E-state index contributed by atoms with van der Waals surface area (Å²) in [4.78, 5) is 25.9. The van der Waals surface area contributed by atoms with Gasteiger partial charge in [0.25, 0.3) is 5.91 Å². The molecule has 1 fully saturated rings. The molecule has 0 radical (unpaired) electrons. The molecule has 4 nitrogen and oxygen atoms in total. The van der Waals surface area contributed by atoms with Gasteiger partial charge in [-0.2, -0.15) is 0 Å². The summed E-state index contributed by atoms with van der Waals surface area (Å²) < 4.78 is 5.98. The molecular formula is C18H22BrNO3. The fraction of sp³-hybridized carbons (Fsp3) is 0.444. The molecule has 2 rings (SSSR count). The van der Waals surface area contributed by atoms with Gasteiger partial charge in [0.15, 0.2) is 6.61 Å². The molecule has 1 saturated heterocycles. The number of hydrogen-bond donors (Lipinski definition) is 0. The number of halogens is 1. The first kappa shape index (κ1) is 17.7. The largest absolute Gasteiger partial charge is 0.452 e. The van der Waals surface area contributed by atoms with Gasteiger partial charge in [0.1, 0.15) is 0 Å². The van der Waals surface area contributed by atoms with E-state index >= 15 is 0 Å². The normalized spacial score (nSPS) is 21.4. The molecule has 124 valence electrons. The molecule has 0 unspecified atom stereocenters. The van der Waals surface area contributed by atoms with E-state index in [1.807, 2.05) is 43.0 Å². The van der Waals surface area contributed by atoms with Gasteiger partial charge in [-0.1, -0.05) is 34.1 Å². The Balaban J connectivity index is 1.86. The van der Waals surface area contributed by atoms with Crippen LogP contribution in [0.4, 0.5) is 0 Å². The summed E-state index contributed by atoms with van der Waals surface area (Å²) in [5, 5.41) is 0. The fourth-order valence-electron chi connectivity index (χ4n) is 2.94. The Morgan fingerprint density at radius 1 is 1.26 bits per heavy atom. The van der Waals surface area contributed by atoms with Gasteiger partial charge >= 0.3 is 5.97 Å². The quantitative estimate of drug-likeness (QED) is 0.590. The lowest BCUT2D eigenvalue weighted by atomic mass is 9.97. The van der Waals surface area contributed by atoms with Crippen molar-refractivity contribution in [2.75, 3.05) is 6.61 Å². The summed E-state index contributed by atoms with van der Waals surface area (Å²) in [6.45, 7) is 3.89. The number of nitrogens with zero attached hydrogens (tertiary/aromatic N) is 1. The van der Waals surface area contributed by atoms with E-state index in [1.165, 1.54) is 6.08 Å². The van der Waals surface area contributed by atoms with Gasteiger partial charge in [0.2, 0.25) is 0 Å². The highest BCUT2D eigenvalue weighted by molar-refractivity contribution is 9.10. The molecule has 0 bridgehead atoms. The molecule has 5 heteroatoms. The zero-order valence-electron chi connectivity index (χ0n) is 13.5. The molecule has 0 saturated carbocycles. The van der Waals surface area contributed by atoms with Crippen LogP contribution >= 0.6 is 15.9 Å². The summed E-state index contributed by atoms with van der Waals surface area (Å²) in [7, 11) is 0. The molecule has 1 heterocycles. The third-order valence-corrected chi connectivity index (χ3v) is 4.85. The van der Waals surface area contributed by atoms with Crippen molar-refractivity contribution in [3.63, 3.8) is 0 Å². The van der Waals surface area contributed by atoms with Crippen molar-refractivity contribution >= 4 is 33.9 Å². The minimum Gasteiger partial charge on any atom is -0.452 e. The van der Waals surface area contributed by atoms with E-state index < -0.39 is 5.97 Å². The average Bonchev–Trinajstić information content (AvgIpc) is 2.52. The van der Waals surface area contributed by atoms with Crippen molar-refractivity contribution in [2.45, 2.75) is 45.2 Å². The monoisotopic (exact) mass is 379 g/mol. The van der Waals surface area contributed by atoms with Gasteiger partial charge < -0.3 is 9.64 Å². The number of benzene rings is 1. The number of likely N-dealkylation sites (tertiary alicyclic amines) is 1. The van der Waals surface area contributed by atoms with Gasteiger partial charge in [-0.3, -0.25) is 4.79 Å². The average molecular weight is 380 g/mol. The summed E-state index contributed by atoms with van der Waals surface area (Å²) in [5.41, 5.74) is 0.883. The second-order valence-corrected chi connectivity index (χ2v) is 6.75. The van der Waals surface area contributed by atoms with E-state index in [9.17, 15) is 9.59 Å². The van der Waals surface area contributed by atoms with Gasteiger partial charge in [-0.05, 0) is 50.8 Å². The number of carbonyl (C=O) groups excluding carboxylic acids is 2. The third-order valence-electron chi connectivity index (χ3n) is 4.12. The van der Waals surface area contributed by atoms with Crippen molar-refractivity contribution in [3.05, 3.63) is 40.4 Å². The van der Waals surface area contributed by atoms with Crippen LogP contribution in [-0.4, -0.2) is 35.5 Å². The lowest BCUT2D eigenvalue weighted by molar-refractivity contribution is -0.151. The van der Waals surface area contributed by atoms with E-state index in [-0.39, 0.29) is 24.6 Å². The minimum absolute atomic E-state index is 0.118. The van der Waals surface area contributed by atoms with Gasteiger partial charge in [-0.25, -0.2) is 4.79 Å². The molecular weight excluding hydrogens is 358 g/mol. The van der Waals surface area contributed by atoms with Crippen LogP contribution < -0.4 is 0 Å². The molecule has 0 N–H and O–H groups in total. The van der Waals surface area contributed by atoms with Crippen LogP contribution in [0.5, 0.6) is 0 Å². The first-order chi connectivity index (χ1) is 11.0. The number of hydrogen-bond acceptors (Lipinski definition) is 3. The maximum atomic E-state index is 12.3. The molecule has 1 aliphatic rings. The van der Waals surface area contributed by atoms with Gasteiger partial charge in [-0.15, -0.1) is 0 Å². The van der Waals surface area contributed by atoms with E-state index in [0.29, 0.717) is 0 Å². The van der Waals surface area contributed by atoms with Crippen LogP contribution in [0, 0.1) is 0 Å². The predicted molar refractivity (Wildman–Crippen MR) is 93.8 cm³/mol. The molecule has 0 aromatic heterocycles. The highest BCUT2D eigenvalue weighted by Gasteiger charge is 2.29. The SMILES string of the molecule is C[C@@H]1CCC[C@@H](C)N1C(=O)COC(=O)/C=C/c1ccccc1Br. The van der Waals surface area contributed by atoms with Crippen molar-refractivity contribution in [1.29, 1.82) is 0 Å². The van der Waals surface area contributed by atoms with Crippen molar-refractivity contribution in [3.8, 4) is 0 Å². The Morgan fingerprint density at radius 3 is 2.57 bits per heavy atom. The molecule has 1 aliphatic heterocycles. The highest BCUT2D eigenvalue weighted by atomic mass is 79.9. The molecule has 1 aromatic rings.